The molecule has 4 aromatic rings. The van der Waals surface area contributed by atoms with Crippen molar-refractivity contribution in [3.8, 4) is 11.6 Å². The Labute approximate surface area is 173 Å². The highest BCUT2D eigenvalue weighted by Gasteiger charge is 2.35. The normalized spacial score (nSPS) is 16.5. The maximum Gasteiger partial charge on any atom is 0.331 e. The van der Waals surface area contributed by atoms with Crippen molar-refractivity contribution in [1.29, 1.82) is 0 Å². The first-order chi connectivity index (χ1) is 13.9. The molecule has 150 valence electrons. The van der Waals surface area contributed by atoms with E-state index >= 15 is 0 Å². The van der Waals surface area contributed by atoms with E-state index in [1.165, 1.54) is 11.6 Å². The summed E-state index contributed by atoms with van der Waals surface area (Å²) in [5.41, 5.74) is 1.90. The van der Waals surface area contributed by atoms with Crippen LogP contribution in [0.3, 0.4) is 0 Å². The topological polar surface area (TPSA) is 88.1 Å². The number of hydrogen-bond acceptors (Lipinski definition) is 6. The minimum absolute atomic E-state index is 0.221. The third-order valence-corrected chi connectivity index (χ3v) is 6.64. The van der Waals surface area contributed by atoms with Crippen LogP contribution < -0.4 is 11.2 Å². The molecule has 0 N–H and O–H groups in total. The summed E-state index contributed by atoms with van der Waals surface area (Å²) < 4.78 is 16.0. The Bertz CT molecular complexity index is 1390. The fourth-order valence-electron chi connectivity index (χ4n) is 3.95. The number of rotatable bonds is 2. The summed E-state index contributed by atoms with van der Waals surface area (Å²) in [6.07, 6.45) is 1.55. The molecule has 10 heteroatoms. The minimum atomic E-state index is -0.391. The molecule has 0 aromatic carbocycles. The zero-order chi connectivity index (χ0) is 20.4. The molecule has 0 fully saturated rings. The first kappa shape index (κ1) is 18.4. The molecule has 1 atom stereocenters. The van der Waals surface area contributed by atoms with Gasteiger partial charge in [-0.05, 0) is 30.7 Å². The molecule has 5 rings (SSSR count). The molecule has 1 aliphatic heterocycles. The Kier molecular flexibility index (Phi) is 4.08. The van der Waals surface area contributed by atoms with Crippen molar-refractivity contribution >= 4 is 34.3 Å². The first-order valence-corrected chi connectivity index (χ1v) is 10.4. The van der Waals surface area contributed by atoms with Crippen molar-refractivity contribution in [3.63, 3.8) is 0 Å². The molecule has 4 aromatic heterocycles. The second kappa shape index (κ2) is 6.43. The van der Waals surface area contributed by atoms with Crippen LogP contribution >= 0.6 is 23.4 Å². The van der Waals surface area contributed by atoms with Gasteiger partial charge < -0.3 is 13.4 Å². The third-order valence-electron chi connectivity index (χ3n) is 5.23. The van der Waals surface area contributed by atoms with Crippen molar-refractivity contribution in [2.24, 2.45) is 14.1 Å². The Morgan fingerprint density at radius 3 is 2.69 bits per heavy atom. The highest BCUT2D eigenvalue weighted by Crippen LogP contribution is 2.46. The molecule has 29 heavy (non-hydrogen) atoms. The molecule has 0 bridgehead atoms. The van der Waals surface area contributed by atoms with Gasteiger partial charge in [-0.3, -0.25) is 13.9 Å². The second-order valence-corrected chi connectivity index (χ2v) is 8.59. The summed E-state index contributed by atoms with van der Waals surface area (Å²) in [7, 11) is 3.14. The first-order valence-electron chi connectivity index (χ1n) is 9.00. The fraction of sp³-hybridized carbons (Fsp3) is 0.316. The van der Waals surface area contributed by atoms with Crippen LogP contribution in [0.25, 0.3) is 22.5 Å². The van der Waals surface area contributed by atoms with Crippen LogP contribution in [0.1, 0.15) is 22.4 Å². The number of nitrogens with zero attached hydrogens (tertiary/aromatic N) is 4. The van der Waals surface area contributed by atoms with Crippen LogP contribution in [0.2, 0.25) is 5.22 Å². The molecule has 5 heterocycles. The Hall–Kier alpha value is -2.65. The van der Waals surface area contributed by atoms with E-state index in [0.29, 0.717) is 45.7 Å². The van der Waals surface area contributed by atoms with Crippen LogP contribution in [0.4, 0.5) is 0 Å². The van der Waals surface area contributed by atoms with Crippen molar-refractivity contribution in [3.05, 3.63) is 61.6 Å². The van der Waals surface area contributed by atoms with E-state index in [9.17, 15) is 9.59 Å². The fourth-order valence-corrected chi connectivity index (χ4v) is 5.31. The van der Waals surface area contributed by atoms with Gasteiger partial charge in [0.15, 0.2) is 5.22 Å². The molecule has 8 nitrogen and oxygen atoms in total. The number of furan rings is 1. The molecule has 0 radical (unpaired) electrons. The summed E-state index contributed by atoms with van der Waals surface area (Å²) in [6, 6.07) is 3.51. The zero-order valence-corrected chi connectivity index (χ0v) is 17.5. The number of halogens is 1. The zero-order valence-electron chi connectivity index (χ0n) is 15.9. The van der Waals surface area contributed by atoms with Gasteiger partial charge in [-0.2, -0.15) is 0 Å². The third kappa shape index (κ3) is 2.57. The SMILES string of the molecule is Cc1coc(-c2c3c(=O)n(C)c(=O)n(C)c3c3n2CCSC3c2ccc(Cl)o2)n1. The monoisotopic (exact) mass is 432 g/mol. The van der Waals surface area contributed by atoms with Crippen LogP contribution in [0.5, 0.6) is 0 Å². The average Bonchev–Trinajstić information content (AvgIpc) is 3.41. The molecule has 0 saturated carbocycles. The number of fused-ring (bicyclic) bond motifs is 3. The number of aromatic nitrogens is 4. The van der Waals surface area contributed by atoms with Crippen molar-refractivity contribution in [1.82, 2.24) is 18.7 Å². The molecule has 0 aliphatic carbocycles. The van der Waals surface area contributed by atoms with E-state index in [1.54, 1.807) is 31.1 Å². The van der Waals surface area contributed by atoms with Gasteiger partial charge in [0.2, 0.25) is 5.89 Å². The molecule has 0 amide bonds. The van der Waals surface area contributed by atoms with Crippen molar-refractivity contribution < 1.29 is 8.83 Å². The van der Waals surface area contributed by atoms with E-state index < -0.39 is 5.69 Å². The summed E-state index contributed by atoms with van der Waals surface area (Å²) in [5.74, 6) is 1.82. The quantitative estimate of drug-likeness (QED) is 0.483. The Morgan fingerprint density at radius 2 is 2.03 bits per heavy atom. The van der Waals surface area contributed by atoms with Gasteiger partial charge in [0.25, 0.3) is 5.56 Å². The number of thioether (sulfide) groups is 1. The van der Waals surface area contributed by atoms with Crippen LogP contribution in [0.15, 0.2) is 36.8 Å². The van der Waals surface area contributed by atoms with Crippen molar-refractivity contribution in [2.45, 2.75) is 18.7 Å². The highest BCUT2D eigenvalue weighted by molar-refractivity contribution is 7.99. The lowest BCUT2D eigenvalue weighted by Crippen LogP contribution is -2.37. The van der Waals surface area contributed by atoms with E-state index in [1.807, 2.05) is 17.6 Å². The molecule has 1 aliphatic rings. The van der Waals surface area contributed by atoms with E-state index in [0.717, 1.165) is 16.0 Å². The summed E-state index contributed by atoms with van der Waals surface area (Å²) in [5, 5.41) is 0.486. The van der Waals surface area contributed by atoms with Crippen LogP contribution in [-0.4, -0.2) is 24.4 Å². The number of hydrogen-bond donors (Lipinski definition) is 0. The predicted octanol–water partition coefficient (Wildman–Crippen LogP) is 3.08. The highest BCUT2D eigenvalue weighted by atomic mass is 35.5. The van der Waals surface area contributed by atoms with Gasteiger partial charge in [-0.1, -0.05) is 0 Å². The minimum Gasteiger partial charge on any atom is -0.448 e. The van der Waals surface area contributed by atoms with E-state index in [4.69, 9.17) is 20.4 Å². The lowest BCUT2D eigenvalue weighted by atomic mass is 10.2. The Morgan fingerprint density at radius 1 is 1.24 bits per heavy atom. The standard InChI is InChI=1S/C19H17ClN4O4S/c1-9-8-27-17(21-9)14-12-13(22(2)19(26)23(3)18(12)25)15-16(29-7-6-24(14)15)10-4-5-11(20)28-10/h4-5,8,16H,6-7H2,1-3H3. The van der Waals surface area contributed by atoms with E-state index in [2.05, 4.69) is 4.98 Å². The molecule has 1 unspecified atom stereocenters. The molecule has 0 saturated heterocycles. The average molecular weight is 433 g/mol. The summed E-state index contributed by atoms with van der Waals surface area (Å²) in [4.78, 5) is 30.4. The molecular weight excluding hydrogens is 416 g/mol. The molecular formula is C19H17ClN4O4S. The lowest BCUT2D eigenvalue weighted by molar-refractivity contribution is 0.509. The molecule has 0 spiro atoms. The lowest BCUT2D eigenvalue weighted by Gasteiger charge is -2.24. The van der Waals surface area contributed by atoms with Gasteiger partial charge in [0, 0.05) is 26.4 Å². The van der Waals surface area contributed by atoms with Crippen molar-refractivity contribution in [2.75, 3.05) is 5.75 Å². The van der Waals surface area contributed by atoms with Crippen LogP contribution in [-0.2, 0) is 20.6 Å². The predicted molar refractivity (Wildman–Crippen MR) is 111 cm³/mol. The second-order valence-electron chi connectivity index (χ2n) is 7.00. The Balaban J connectivity index is 1.96. The number of oxazole rings is 1. The number of aryl methyl sites for hydroxylation is 2. The van der Waals surface area contributed by atoms with Gasteiger partial charge in [-0.25, -0.2) is 9.78 Å². The smallest absolute Gasteiger partial charge is 0.331 e. The summed E-state index contributed by atoms with van der Waals surface area (Å²) >= 11 is 7.69. The largest absolute Gasteiger partial charge is 0.448 e. The summed E-state index contributed by atoms with van der Waals surface area (Å²) in [6.45, 7) is 2.47. The van der Waals surface area contributed by atoms with Crippen LogP contribution in [0, 0.1) is 6.92 Å². The maximum absolute atomic E-state index is 13.2. The maximum atomic E-state index is 13.2. The van der Waals surface area contributed by atoms with Gasteiger partial charge in [0.1, 0.15) is 23.0 Å². The van der Waals surface area contributed by atoms with Gasteiger partial charge in [0.05, 0.1) is 22.3 Å². The van der Waals surface area contributed by atoms with E-state index in [-0.39, 0.29) is 10.8 Å². The van der Waals surface area contributed by atoms with Gasteiger partial charge in [-0.15, -0.1) is 11.8 Å². The van der Waals surface area contributed by atoms with Gasteiger partial charge >= 0.3 is 5.69 Å².